The zero-order valence-corrected chi connectivity index (χ0v) is 12.9. The molecule has 124 valence electrons. The number of benzene rings is 1. The van der Waals surface area contributed by atoms with Crippen molar-refractivity contribution in [1.29, 1.82) is 0 Å². The van der Waals surface area contributed by atoms with E-state index < -0.39 is 11.7 Å². The van der Waals surface area contributed by atoms with Crippen molar-refractivity contribution in [2.24, 2.45) is 5.92 Å². The Hall–Kier alpha value is -1.89. The van der Waals surface area contributed by atoms with Crippen molar-refractivity contribution in [2.75, 3.05) is 0 Å². The summed E-state index contributed by atoms with van der Waals surface area (Å²) in [5.74, 6) is 1.25. The van der Waals surface area contributed by atoms with Crippen LogP contribution in [0.25, 0.3) is 0 Å². The summed E-state index contributed by atoms with van der Waals surface area (Å²) >= 11 is 0. The molecule has 0 saturated heterocycles. The molecule has 1 aliphatic carbocycles. The summed E-state index contributed by atoms with van der Waals surface area (Å²) < 4.78 is 44.2. The smallest absolute Gasteiger partial charge is 0.416 e. The Kier molecular flexibility index (Phi) is 4.14. The van der Waals surface area contributed by atoms with Crippen LogP contribution in [0.4, 0.5) is 13.2 Å². The molecule has 0 bridgehead atoms. The lowest BCUT2D eigenvalue weighted by molar-refractivity contribution is -0.137. The summed E-state index contributed by atoms with van der Waals surface area (Å²) in [7, 11) is 0. The summed E-state index contributed by atoms with van der Waals surface area (Å²) in [6.07, 6.45) is -2.33. The highest BCUT2D eigenvalue weighted by molar-refractivity contribution is 5.29. The van der Waals surface area contributed by atoms with E-state index in [9.17, 15) is 13.2 Å². The second kappa shape index (κ2) is 5.96. The lowest BCUT2D eigenvalue weighted by Gasteiger charge is -2.22. The van der Waals surface area contributed by atoms with Crippen LogP contribution < -0.4 is 5.32 Å². The van der Waals surface area contributed by atoms with E-state index in [1.807, 2.05) is 6.92 Å². The topological polar surface area (TPSA) is 51.0 Å². The molecule has 0 spiro atoms. The zero-order chi connectivity index (χ0) is 16.6. The van der Waals surface area contributed by atoms with Crippen molar-refractivity contribution in [2.45, 2.75) is 44.9 Å². The van der Waals surface area contributed by atoms with Gasteiger partial charge in [0, 0.05) is 13.0 Å². The maximum atomic E-state index is 12.9. The molecule has 3 rings (SSSR count). The molecular weight excluding hydrogens is 307 g/mol. The van der Waals surface area contributed by atoms with Crippen LogP contribution in [-0.4, -0.2) is 10.2 Å². The number of rotatable bonds is 5. The van der Waals surface area contributed by atoms with E-state index >= 15 is 0 Å². The molecule has 2 atom stereocenters. The SMILES string of the molecule is Cc1nnc([C@@H](C)N[C@H](c2cccc(C(F)(F)F)c2)C2CC2)o1. The van der Waals surface area contributed by atoms with Gasteiger partial charge in [0.1, 0.15) is 0 Å². The lowest BCUT2D eigenvalue weighted by atomic mass is 9.99. The lowest BCUT2D eigenvalue weighted by Crippen LogP contribution is -2.26. The number of nitrogens with one attached hydrogen (secondary N) is 1. The molecule has 1 aromatic carbocycles. The third-order valence-corrected chi connectivity index (χ3v) is 4.01. The average molecular weight is 325 g/mol. The fourth-order valence-electron chi connectivity index (χ4n) is 2.67. The second-order valence-corrected chi connectivity index (χ2v) is 5.99. The number of aryl methyl sites for hydroxylation is 1. The number of hydrogen-bond donors (Lipinski definition) is 1. The van der Waals surface area contributed by atoms with Crippen molar-refractivity contribution in [3.8, 4) is 0 Å². The molecule has 0 aliphatic heterocycles. The van der Waals surface area contributed by atoms with Gasteiger partial charge in [-0.25, -0.2) is 0 Å². The van der Waals surface area contributed by atoms with Gasteiger partial charge in [-0.2, -0.15) is 13.2 Å². The highest BCUT2D eigenvalue weighted by Gasteiger charge is 2.36. The molecule has 2 aromatic rings. The van der Waals surface area contributed by atoms with E-state index in [1.165, 1.54) is 12.1 Å². The van der Waals surface area contributed by atoms with E-state index in [0.29, 0.717) is 23.3 Å². The third kappa shape index (κ3) is 3.72. The van der Waals surface area contributed by atoms with Crippen LogP contribution in [0.1, 0.15) is 54.8 Å². The molecule has 1 aromatic heterocycles. The number of aromatic nitrogens is 2. The molecule has 4 nitrogen and oxygen atoms in total. The Balaban J connectivity index is 1.82. The van der Waals surface area contributed by atoms with Crippen molar-refractivity contribution in [3.05, 3.63) is 47.2 Å². The van der Waals surface area contributed by atoms with Gasteiger partial charge in [-0.1, -0.05) is 12.1 Å². The van der Waals surface area contributed by atoms with Crippen LogP contribution in [0.5, 0.6) is 0 Å². The highest BCUT2D eigenvalue weighted by Crippen LogP contribution is 2.43. The molecule has 7 heteroatoms. The Labute approximate surface area is 132 Å². The Morgan fingerprint density at radius 2 is 2.00 bits per heavy atom. The van der Waals surface area contributed by atoms with Gasteiger partial charge in [-0.3, -0.25) is 5.32 Å². The number of hydrogen-bond acceptors (Lipinski definition) is 4. The summed E-state index contributed by atoms with van der Waals surface area (Å²) in [5, 5.41) is 11.1. The second-order valence-electron chi connectivity index (χ2n) is 5.99. The predicted octanol–water partition coefficient (Wildman–Crippen LogP) is 4.20. The first-order chi connectivity index (χ1) is 10.8. The Morgan fingerprint density at radius 1 is 1.26 bits per heavy atom. The van der Waals surface area contributed by atoms with Crippen molar-refractivity contribution < 1.29 is 17.6 Å². The van der Waals surface area contributed by atoms with Gasteiger partial charge >= 0.3 is 6.18 Å². The van der Waals surface area contributed by atoms with Gasteiger partial charge in [0.25, 0.3) is 0 Å². The van der Waals surface area contributed by atoms with Crippen molar-refractivity contribution in [3.63, 3.8) is 0 Å². The standard InChI is InChI=1S/C16H18F3N3O/c1-9(15-22-21-10(2)23-15)20-14(11-6-7-11)12-4-3-5-13(8-12)16(17,18)19/h3-5,8-9,11,14,20H,6-7H2,1-2H3/t9-,14+/m1/s1. The van der Waals surface area contributed by atoms with E-state index in [4.69, 9.17) is 4.42 Å². The summed E-state index contributed by atoms with van der Waals surface area (Å²) in [6, 6.07) is 5.13. The fourth-order valence-corrected chi connectivity index (χ4v) is 2.67. The molecule has 0 amide bonds. The minimum absolute atomic E-state index is 0.153. The molecule has 0 unspecified atom stereocenters. The van der Waals surface area contributed by atoms with E-state index in [-0.39, 0.29) is 12.1 Å². The molecule has 23 heavy (non-hydrogen) atoms. The largest absolute Gasteiger partial charge is 0.424 e. The molecule has 1 saturated carbocycles. The first kappa shape index (κ1) is 16.0. The van der Waals surface area contributed by atoms with Gasteiger partial charge in [0.15, 0.2) is 0 Å². The molecular formula is C16H18F3N3O. The summed E-state index contributed by atoms with van der Waals surface area (Å²) in [4.78, 5) is 0. The first-order valence-corrected chi connectivity index (χ1v) is 7.58. The summed E-state index contributed by atoms with van der Waals surface area (Å²) in [5.41, 5.74) is 0.0224. The number of alkyl halides is 3. The number of halogens is 3. The van der Waals surface area contributed by atoms with Crippen LogP contribution in [-0.2, 0) is 6.18 Å². The van der Waals surface area contributed by atoms with Gasteiger partial charge in [0.2, 0.25) is 11.8 Å². The molecule has 1 N–H and O–H groups in total. The van der Waals surface area contributed by atoms with Crippen LogP contribution in [0.2, 0.25) is 0 Å². The fraction of sp³-hybridized carbons (Fsp3) is 0.500. The maximum absolute atomic E-state index is 12.9. The molecule has 0 radical (unpaired) electrons. The van der Waals surface area contributed by atoms with Gasteiger partial charge in [-0.15, -0.1) is 10.2 Å². The van der Waals surface area contributed by atoms with E-state index in [0.717, 1.165) is 18.9 Å². The average Bonchev–Trinajstić information content (AvgIpc) is 3.24. The summed E-state index contributed by atoms with van der Waals surface area (Å²) in [6.45, 7) is 3.57. The number of nitrogens with zero attached hydrogens (tertiary/aromatic N) is 2. The zero-order valence-electron chi connectivity index (χ0n) is 12.9. The molecule has 1 aliphatic rings. The predicted molar refractivity (Wildman–Crippen MR) is 77.5 cm³/mol. The molecule has 1 heterocycles. The van der Waals surface area contributed by atoms with Gasteiger partial charge in [-0.05, 0) is 43.4 Å². The van der Waals surface area contributed by atoms with Gasteiger partial charge in [0.05, 0.1) is 11.6 Å². The maximum Gasteiger partial charge on any atom is 0.416 e. The molecule has 1 fully saturated rings. The van der Waals surface area contributed by atoms with Crippen LogP contribution in [0.3, 0.4) is 0 Å². The van der Waals surface area contributed by atoms with Crippen LogP contribution >= 0.6 is 0 Å². The third-order valence-electron chi connectivity index (χ3n) is 4.01. The monoisotopic (exact) mass is 325 g/mol. The first-order valence-electron chi connectivity index (χ1n) is 7.58. The highest BCUT2D eigenvalue weighted by atomic mass is 19.4. The van der Waals surface area contributed by atoms with E-state index in [2.05, 4.69) is 15.5 Å². The quantitative estimate of drug-likeness (QED) is 0.895. The minimum atomic E-state index is -4.33. The minimum Gasteiger partial charge on any atom is -0.424 e. The van der Waals surface area contributed by atoms with Crippen LogP contribution in [0, 0.1) is 12.8 Å². The van der Waals surface area contributed by atoms with Gasteiger partial charge < -0.3 is 4.42 Å². The Morgan fingerprint density at radius 3 is 2.57 bits per heavy atom. The van der Waals surface area contributed by atoms with E-state index in [1.54, 1.807) is 13.0 Å². The van der Waals surface area contributed by atoms with Crippen molar-refractivity contribution in [1.82, 2.24) is 15.5 Å². The normalized spacial score (nSPS) is 18.0. The van der Waals surface area contributed by atoms with Crippen molar-refractivity contribution >= 4 is 0 Å². The Bertz CT molecular complexity index is 679. The van der Waals surface area contributed by atoms with Crippen LogP contribution in [0.15, 0.2) is 28.7 Å².